The molecule has 3 aromatic carbocycles. The highest BCUT2D eigenvalue weighted by molar-refractivity contribution is 9.10. The SMILES string of the molecule is O=C(c1ccc(Br)cc1)[C@@H]1Oc2ccccc2[C@@H]2CC(c3ccccc3)=NN12. The normalized spacial score (nSPS) is 20.0. The third-order valence-corrected chi connectivity index (χ3v) is 5.69. The molecule has 2 aliphatic heterocycles. The van der Waals surface area contributed by atoms with Gasteiger partial charge in [0.1, 0.15) is 5.75 Å². The van der Waals surface area contributed by atoms with E-state index >= 15 is 0 Å². The first-order valence-electron chi connectivity index (χ1n) is 9.17. The van der Waals surface area contributed by atoms with Crippen LogP contribution in [0.15, 0.2) is 88.4 Å². The monoisotopic (exact) mass is 432 g/mol. The molecular formula is C23H17BrN2O2. The van der Waals surface area contributed by atoms with Gasteiger partial charge in [-0.25, -0.2) is 5.01 Å². The van der Waals surface area contributed by atoms with Gasteiger partial charge in [0, 0.05) is 22.0 Å². The van der Waals surface area contributed by atoms with Crippen molar-refractivity contribution in [3.63, 3.8) is 0 Å². The predicted octanol–water partition coefficient (Wildman–Crippen LogP) is 5.20. The highest BCUT2D eigenvalue weighted by Gasteiger charge is 2.43. The number of hydrogen-bond donors (Lipinski definition) is 0. The smallest absolute Gasteiger partial charge is 0.251 e. The summed E-state index contributed by atoms with van der Waals surface area (Å²) in [6, 6.07) is 25.3. The molecule has 2 heterocycles. The molecule has 28 heavy (non-hydrogen) atoms. The summed E-state index contributed by atoms with van der Waals surface area (Å²) in [5.74, 6) is 0.661. The van der Waals surface area contributed by atoms with Gasteiger partial charge in [0.05, 0.1) is 11.8 Å². The molecule has 0 fully saturated rings. The Morgan fingerprint density at radius 1 is 0.964 bits per heavy atom. The van der Waals surface area contributed by atoms with Crippen molar-refractivity contribution in [2.24, 2.45) is 5.10 Å². The van der Waals surface area contributed by atoms with Crippen molar-refractivity contribution in [1.82, 2.24) is 5.01 Å². The van der Waals surface area contributed by atoms with Crippen LogP contribution in [0.5, 0.6) is 5.75 Å². The first kappa shape index (κ1) is 17.2. The Balaban J connectivity index is 1.56. The van der Waals surface area contributed by atoms with Gasteiger partial charge in [-0.1, -0.05) is 76.6 Å². The lowest BCUT2D eigenvalue weighted by Crippen LogP contribution is -2.45. The van der Waals surface area contributed by atoms with E-state index in [1.165, 1.54) is 0 Å². The van der Waals surface area contributed by atoms with Gasteiger partial charge in [-0.3, -0.25) is 4.79 Å². The van der Waals surface area contributed by atoms with E-state index in [0.29, 0.717) is 5.56 Å². The van der Waals surface area contributed by atoms with Gasteiger partial charge < -0.3 is 4.74 Å². The number of nitrogens with zero attached hydrogens (tertiary/aromatic N) is 2. The number of ketones is 1. The number of benzene rings is 3. The Labute approximate surface area is 171 Å². The molecule has 0 aliphatic carbocycles. The molecule has 0 saturated carbocycles. The summed E-state index contributed by atoms with van der Waals surface area (Å²) in [6.07, 6.45) is -0.0311. The van der Waals surface area contributed by atoms with E-state index in [-0.39, 0.29) is 11.8 Å². The van der Waals surface area contributed by atoms with Crippen LogP contribution in [-0.2, 0) is 0 Å². The van der Waals surface area contributed by atoms with Gasteiger partial charge >= 0.3 is 0 Å². The fraction of sp³-hybridized carbons (Fsp3) is 0.130. The quantitative estimate of drug-likeness (QED) is 0.533. The van der Waals surface area contributed by atoms with Crippen molar-refractivity contribution in [1.29, 1.82) is 0 Å². The van der Waals surface area contributed by atoms with Crippen molar-refractivity contribution in [3.8, 4) is 5.75 Å². The lowest BCUT2D eigenvalue weighted by atomic mass is 9.96. The van der Waals surface area contributed by atoms with Crippen molar-refractivity contribution in [3.05, 3.63) is 100 Å². The summed E-state index contributed by atoms with van der Waals surface area (Å²) in [4.78, 5) is 13.3. The summed E-state index contributed by atoms with van der Waals surface area (Å²) in [6.45, 7) is 0. The number of halogens is 1. The van der Waals surface area contributed by atoms with Crippen LogP contribution in [0, 0.1) is 0 Å². The van der Waals surface area contributed by atoms with Crippen molar-refractivity contribution < 1.29 is 9.53 Å². The van der Waals surface area contributed by atoms with E-state index in [1.54, 1.807) is 0 Å². The minimum Gasteiger partial charge on any atom is -0.461 e. The van der Waals surface area contributed by atoms with Crippen LogP contribution in [0.2, 0.25) is 0 Å². The largest absolute Gasteiger partial charge is 0.461 e. The number of rotatable bonds is 3. The van der Waals surface area contributed by atoms with E-state index in [9.17, 15) is 4.79 Å². The summed E-state index contributed by atoms with van der Waals surface area (Å²) in [5, 5.41) is 6.65. The third-order valence-electron chi connectivity index (χ3n) is 5.16. The van der Waals surface area contributed by atoms with Gasteiger partial charge in [-0.2, -0.15) is 5.10 Å². The van der Waals surface area contributed by atoms with Crippen LogP contribution < -0.4 is 4.74 Å². The van der Waals surface area contributed by atoms with Crippen LogP contribution in [0.4, 0.5) is 0 Å². The molecule has 0 radical (unpaired) electrons. The number of carbonyl (C=O) groups excluding carboxylic acids is 1. The minimum atomic E-state index is -0.776. The molecule has 138 valence electrons. The number of fused-ring (bicyclic) bond motifs is 3. The summed E-state index contributed by atoms with van der Waals surface area (Å²) in [5.41, 5.74) is 3.72. The zero-order chi connectivity index (χ0) is 19.1. The van der Waals surface area contributed by atoms with Gasteiger partial charge in [-0.15, -0.1) is 0 Å². The summed E-state index contributed by atoms with van der Waals surface area (Å²) in [7, 11) is 0. The van der Waals surface area contributed by atoms with Crippen LogP contribution in [0.25, 0.3) is 0 Å². The van der Waals surface area contributed by atoms with Crippen LogP contribution in [0.1, 0.15) is 33.9 Å². The van der Waals surface area contributed by atoms with Gasteiger partial charge in [0.25, 0.3) is 6.23 Å². The lowest BCUT2D eigenvalue weighted by molar-refractivity contribution is -0.00455. The Hall–Kier alpha value is -2.92. The molecule has 2 atom stereocenters. The van der Waals surface area contributed by atoms with Crippen molar-refractivity contribution >= 4 is 27.4 Å². The van der Waals surface area contributed by atoms with Gasteiger partial charge in [-0.05, 0) is 23.8 Å². The zero-order valence-corrected chi connectivity index (χ0v) is 16.5. The molecule has 5 rings (SSSR count). The standard InChI is InChI=1S/C23H17BrN2O2/c24-17-12-10-16(11-13-17)22(27)23-26-20(18-8-4-5-9-21(18)28-23)14-19(25-26)15-6-2-1-3-7-15/h1-13,20,23H,14H2/t20-,23-/m0/s1. The molecule has 4 nitrogen and oxygen atoms in total. The first-order valence-corrected chi connectivity index (χ1v) is 9.96. The van der Waals surface area contributed by atoms with E-state index in [1.807, 2.05) is 65.7 Å². The Morgan fingerprint density at radius 2 is 1.68 bits per heavy atom. The maximum Gasteiger partial charge on any atom is 0.251 e. The number of ether oxygens (including phenoxy) is 1. The molecule has 5 heteroatoms. The average molecular weight is 433 g/mol. The van der Waals surface area contributed by atoms with Gasteiger partial charge in [0.15, 0.2) is 0 Å². The molecule has 3 aromatic rings. The predicted molar refractivity (Wildman–Crippen MR) is 112 cm³/mol. The highest BCUT2D eigenvalue weighted by Crippen LogP contribution is 2.43. The second-order valence-electron chi connectivity index (χ2n) is 6.89. The van der Waals surface area contributed by atoms with E-state index < -0.39 is 6.23 Å². The Kier molecular flexibility index (Phi) is 4.24. The highest BCUT2D eigenvalue weighted by atomic mass is 79.9. The van der Waals surface area contributed by atoms with E-state index in [2.05, 4.69) is 34.1 Å². The number of Topliss-reactive ketones (excluding diaryl/α,β-unsaturated/α-hetero) is 1. The number of carbonyl (C=O) groups is 1. The molecule has 0 N–H and O–H groups in total. The molecule has 2 aliphatic rings. The molecule has 0 amide bonds. The lowest BCUT2D eigenvalue weighted by Gasteiger charge is -2.37. The molecule has 0 unspecified atom stereocenters. The average Bonchev–Trinajstić information content (AvgIpc) is 3.20. The maximum atomic E-state index is 13.3. The van der Waals surface area contributed by atoms with Gasteiger partial charge in [0.2, 0.25) is 5.78 Å². The van der Waals surface area contributed by atoms with Crippen molar-refractivity contribution in [2.75, 3.05) is 0 Å². The van der Waals surface area contributed by atoms with Crippen LogP contribution in [-0.4, -0.2) is 22.7 Å². The maximum absolute atomic E-state index is 13.3. The zero-order valence-electron chi connectivity index (χ0n) is 15.0. The Bertz CT molecular complexity index is 1060. The molecule has 0 saturated heterocycles. The fourth-order valence-electron chi connectivity index (χ4n) is 3.77. The minimum absolute atomic E-state index is 0.00967. The van der Waals surface area contributed by atoms with Crippen molar-refractivity contribution in [2.45, 2.75) is 18.7 Å². The van der Waals surface area contributed by atoms with Crippen LogP contribution in [0.3, 0.4) is 0 Å². The third kappa shape index (κ3) is 2.92. The summed E-state index contributed by atoms with van der Waals surface area (Å²) < 4.78 is 7.07. The number of hydrogen-bond acceptors (Lipinski definition) is 4. The van der Waals surface area contributed by atoms with Crippen LogP contribution >= 0.6 is 15.9 Å². The molecule has 0 bridgehead atoms. The second-order valence-corrected chi connectivity index (χ2v) is 7.81. The fourth-order valence-corrected chi connectivity index (χ4v) is 4.03. The number of para-hydroxylation sites is 1. The number of hydrazone groups is 1. The first-order chi connectivity index (χ1) is 13.7. The summed E-state index contributed by atoms with van der Waals surface area (Å²) >= 11 is 3.42. The topological polar surface area (TPSA) is 41.9 Å². The second kappa shape index (κ2) is 6.91. The van der Waals surface area contributed by atoms with E-state index in [4.69, 9.17) is 9.84 Å². The van der Waals surface area contributed by atoms with E-state index in [0.717, 1.165) is 33.5 Å². The molecular weight excluding hydrogens is 416 g/mol. The Morgan fingerprint density at radius 3 is 2.46 bits per heavy atom. The molecule has 0 spiro atoms. The molecule has 0 aromatic heterocycles.